The SMILES string of the molecule is O=C(NC1C[C@@H]2CC[C@@H]1C2)c1ccc(O)cc1OC[C@H](O)CN1CCC2(CC1)Cc1cc(Cl)ccc1O2. The van der Waals surface area contributed by atoms with Gasteiger partial charge in [-0.1, -0.05) is 18.0 Å². The lowest BCUT2D eigenvalue weighted by molar-refractivity contribution is -0.00200. The molecule has 0 radical (unpaired) electrons. The highest BCUT2D eigenvalue weighted by molar-refractivity contribution is 6.30. The molecule has 2 saturated carbocycles. The number of ether oxygens (including phenoxy) is 2. The fourth-order valence-electron chi connectivity index (χ4n) is 6.85. The van der Waals surface area contributed by atoms with Crippen molar-refractivity contribution in [1.29, 1.82) is 0 Å². The first-order valence-electron chi connectivity index (χ1n) is 13.5. The predicted molar refractivity (Wildman–Crippen MR) is 140 cm³/mol. The van der Waals surface area contributed by atoms with Gasteiger partial charge in [0.25, 0.3) is 5.91 Å². The number of likely N-dealkylation sites (tertiary alicyclic amines) is 1. The Bertz CT molecular complexity index is 1160. The molecule has 7 nitrogen and oxygen atoms in total. The molecule has 8 heteroatoms. The number of nitrogens with one attached hydrogen (secondary N) is 1. The van der Waals surface area contributed by atoms with E-state index in [4.69, 9.17) is 21.1 Å². The van der Waals surface area contributed by atoms with Crippen molar-refractivity contribution in [2.45, 2.75) is 62.7 Å². The molecule has 1 unspecified atom stereocenters. The van der Waals surface area contributed by atoms with E-state index in [0.717, 1.165) is 55.5 Å². The molecule has 2 bridgehead atoms. The number of β-amino-alcohol motifs (C(OH)–C–C–N with tert-alkyl or cyclic N) is 1. The second-order valence-corrected chi connectivity index (χ2v) is 11.9. The molecule has 2 heterocycles. The average molecular weight is 527 g/mol. The molecule has 1 spiro atoms. The predicted octanol–water partition coefficient (Wildman–Crippen LogP) is 4.17. The van der Waals surface area contributed by atoms with Crippen molar-refractivity contribution in [2.75, 3.05) is 26.2 Å². The van der Waals surface area contributed by atoms with Gasteiger partial charge in [0.1, 0.15) is 35.6 Å². The lowest BCUT2D eigenvalue weighted by Gasteiger charge is -2.39. The number of carbonyl (C=O) groups excluding carboxylic acids is 1. The number of fused-ring (bicyclic) bond motifs is 3. The van der Waals surface area contributed by atoms with Crippen molar-refractivity contribution in [3.8, 4) is 17.2 Å². The smallest absolute Gasteiger partial charge is 0.255 e. The first kappa shape index (κ1) is 24.8. The molecule has 37 heavy (non-hydrogen) atoms. The number of rotatable bonds is 7. The summed E-state index contributed by atoms with van der Waals surface area (Å²) in [5.41, 5.74) is 1.37. The van der Waals surface area contributed by atoms with E-state index in [2.05, 4.69) is 10.2 Å². The molecule has 4 atom stereocenters. The number of halogens is 1. The highest BCUT2D eigenvalue weighted by Gasteiger charge is 2.42. The van der Waals surface area contributed by atoms with E-state index >= 15 is 0 Å². The zero-order chi connectivity index (χ0) is 25.6. The van der Waals surface area contributed by atoms with E-state index in [1.807, 2.05) is 18.2 Å². The second-order valence-electron chi connectivity index (χ2n) is 11.4. The van der Waals surface area contributed by atoms with Crippen LogP contribution in [0, 0.1) is 11.8 Å². The van der Waals surface area contributed by atoms with Gasteiger partial charge in [-0.2, -0.15) is 0 Å². The number of phenolic OH excluding ortho intramolecular Hbond substituents is 1. The first-order valence-corrected chi connectivity index (χ1v) is 13.9. The second kappa shape index (κ2) is 10.0. The van der Waals surface area contributed by atoms with Crippen LogP contribution in [0.15, 0.2) is 36.4 Å². The van der Waals surface area contributed by atoms with Gasteiger partial charge in [0.05, 0.1) is 5.56 Å². The Morgan fingerprint density at radius 3 is 2.78 bits per heavy atom. The lowest BCUT2D eigenvalue weighted by atomic mass is 9.87. The van der Waals surface area contributed by atoms with E-state index in [0.29, 0.717) is 23.8 Å². The maximum absolute atomic E-state index is 13.0. The summed E-state index contributed by atoms with van der Waals surface area (Å²) in [6.07, 6.45) is 6.62. The summed E-state index contributed by atoms with van der Waals surface area (Å²) in [5.74, 6) is 2.39. The number of piperidine rings is 1. The summed E-state index contributed by atoms with van der Waals surface area (Å²) >= 11 is 6.15. The number of benzene rings is 2. The standard InChI is InChI=1S/C29H35ClN2O5/c30-21-3-6-26-20(13-21)15-29(37-26)7-9-32(10-8-29)16-23(34)17-36-27-14-22(33)4-5-24(27)28(35)31-25-12-18-1-2-19(25)11-18/h3-6,13-14,18-19,23,25,33-34H,1-2,7-12,15-17H2,(H,31,35)/t18-,19-,23-,25?/m1/s1. The van der Waals surface area contributed by atoms with Gasteiger partial charge in [-0.05, 0) is 67.0 Å². The quantitative estimate of drug-likeness (QED) is 0.501. The minimum atomic E-state index is -0.724. The summed E-state index contributed by atoms with van der Waals surface area (Å²) in [5, 5.41) is 24.6. The number of aliphatic hydroxyl groups excluding tert-OH is 1. The van der Waals surface area contributed by atoms with Gasteiger partial charge in [0.2, 0.25) is 0 Å². The Morgan fingerprint density at radius 1 is 1.19 bits per heavy atom. The monoisotopic (exact) mass is 526 g/mol. The maximum Gasteiger partial charge on any atom is 0.255 e. The van der Waals surface area contributed by atoms with Gasteiger partial charge < -0.3 is 29.9 Å². The lowest BCUT2D eigenvalue weighted by Crippen LogP contribution is -2.49. The number of phenols is 1. The third-order valence-corrected chi connectivity index (χ3v) is 9.03. The summed E-state index contributed by atoms with van der Waals surface area (Å²) in [7, 11) is 0. The average Bonchev–Trinajstić information content (AvgIpc) is 3.58. The van der Waals surface area contributed by atoms with Crippen LogP contribution in [0.2, 0.25) is 5.02 Å². The number of aromatic hydroxyl groups is 1. The molecule has 2 aromatic carbocycles. The van der Waals surface area contributed by atoms with Crippen LogP contribution < -0.4 is 14.8 Å². The van der Waals surface area contributed by atoms with Crippen molar-refractivity contribution in [2.24, 2.45) is 11.8 Å². The third kappa shape index (κ3) is 5.27. The molecule has 198 valence electrons. The topological polar surface area (TPSA) is 91.3 Å². The van der Waals surface area contributed by atoms with Crippen LogP contribution in [0.5, 0.6) is 17.2 Å². The number of hydrogen-bond donors (Lipinski definition) is 3. The van der Waals surface area contributed by atoms with E-state index in [9.17, 15) is 15.0 Å². The summed E-state index contributed by atoms with van der Waals surface area (Å²) in [6.45, 7) is 2.16. The van der Waals surface area contributed by atoms with E-state index < -0.39 is 6.10 Å². The zero-order valence-corrected chi connectivity index (χ0v) is 21.8. The van der Waals surface area contributed by atoms with Crippen molar-refractivity contribution in [3.05, 3.63) is 52.5 Å². The number of aliphatic hydroxyl groups is 1. The third-order valence-electron chi connectivity index (χ3n) is 8.79. The fourth-order valence-corrected chi connectivity index (χ4v) is 7.04. The van der Waals surface area contributed by atoms with Gasteiger partial charge in [0, 0.05) is 56.0 Å². The zero-order valence-electron chi connectivity index (χ0n) is 21.0. The van der Waals surface area contributed by atoms with Crippen molar-refractivity contribution in [3.63, 3.8) is 0 Å². The van der Waals surface area contributed by atoms with Gasteiger partial charge in [-0.25, -0.2) is 0 Å². The normalized spacial score (nSPS) is 26.6. The van der Waals surface area contributed by atoms with E-state index in [1.165, 1.54) is 37.0 Å². The molecule has 3 N–H and O–H groups in total. The maximum atomic E-state index is 13.0. The molecule has 2 aliphatic carbocycles. The Labute approximate surface area is 222 Å². The summed E-state index contributed by atoms with van der Waals surface area (Å²) < 4.78 is 12.2. The highest BCUT2D eigenvalue weighted by Crippen LogP contribution is 2.45. The molecule has 0 aromatic heterocycles. The summed E-state index contributed by atoms with van der Waals surface area (Å²) in [6, 6.07) is 10.6. The Balaban J connectivity index is 1.00. The van der Waals surface area contributed by atoms with Gasteiger partial charge in [-0.3, -0.25) is 4.79 Å². The molecule has 1 amide bonds. The van der Waals surface area contributed by atoms with Crippen LogP contribution in [-0.4, -0.2) is 65.0 Å². The summed E-state index contributed by atoms with van der Waals surface area (Å²) in [4.78, 5) is 15.3. The van der Waals surface area contributed by atoms with Crippen molar-refractivity contribution in [1.82, 2.24) is 10.2 Å². The molecule has 1 saturated heterocycles. The van der Waals surface area contributed by atoms with Crippen LogP contribution in [-0.2, 0) is 6.42 Å². The largest absolute Gasteiger partial charge is 0.508 e. The van der Waals surface area contributed by atoms with Gasteiger partial charge in [-0.15, -0.1) is 0 Å². The van der Waals surface area contributed by atoms with Gasteiger partial charge >= 0.3 is 0 Å². The molecule has 3 fully saturated rings. The molecular weight excluding hydrogens is 492 g/mol. The minimum absolute atomic E-state index is 0.0288. The van der Waals surface area contributed by atoms with Crippen molar-refractivity contribution >= 4 is 17.5 Å². The van der Waals surface area contributed by atoms with Crippen LogP contribution in [0.4, 0.5) is 0 Å². The number of nitrogens with zero attached hydrogens (tertiary/aromatic N) is 1. The van der Waals surface area contributed by atoms with Crippen LogP contribution in [0.25, 0.3) is 0 Å². The van der Waals surface area contributed by atoms with E-state index in [1.54, 1.807) is 6.07 Å². The van der Waals surface area contributed by atoms with Crippen molar-refractivity contribution < 1.29 is 24.5 Å². The first-order chi connectivity index (χ1) is 17.9. The number of hydrogen-bond acceptors (Lipinski definition) is 6. The molecule has 2 aromatic rings. The Kier molecular flexibility index (Phi) is 6.72. The fraction of sp³-hybridized carbons (Fsp3) is 0.552. The minimum Gasteiger partial charge on any atom is -0.508 e. The Morgan fingerprint density at radius 2 is 2.03 bits per heavy atom. The molecule has 2 aliphatic heterocycles. The van der Waals surface area contributed by atoms with Gasteiger partial charge in [0.15, 0.2) is 0 Å². The van der Waals surface area contributed by atoms with Crippen LogP contribution >= 0.6 is 11.6 Å². The number of carbonyl (C=O) groups is 1. The number of amides is 1. The Hall–Kier alpha value is -2.48. The van der Waals surface area contributed by atoms with Crippen LogP contribution in [0.1, 0.15) is 54.4 Å². The highest BCUT2D eigenvalue weighted by atomic mass is 35.5. The van der Waals surface area contributed by atoms with Crippen LogP contribution in [0.3, 0.4) is 0 Å². The molecule has 4 aliphatic rings. The molecular formula is C29H35ClN2O5. The van der Waals surface area contributed by atoms with E-state index in [-0.39, 0.29) is 29.9 Å². The molecule has 6 rings (SSSR count).